The summed E-state index contributed by atoms with van der Waals surface area (Å²) in [7, 11) is 0. The number of carbonyl (C=O) groups is 1. The highest BCUT2D eigenvalue weighted by Crippen LogP contribution is 2.49. The van der Waals surface area contributed by atoms with Crippen LogP contribution >= 0.6 is 11.8 Å². The molecule has 3 fully saturated rings. The largest absolute Gasteiger partial charge is 0.483 e. The second kappa shape index (κ2) is 12.2. The number of anilines is 3. The third kappa shape index (κ3) is 5.87. The number of ether oxygens (including phenoxy) is 3. The summed E-state index contributed by atoms with van der Waals surface area (Å²) in [5, 5.41) is 3.62. The van der Waals surface area contributed by atoms with E-state index in [4.69, 9.17) is 19.2 Å². The molecular weight excluding hydrogens is 562 g/mol. The van der Waals surface area contributed by atoms with Gasteiger partial charge in [-0.25, -0.2) is 14.8 Å². The molecule has 10 heteroatoms. The Bertz CT molecular complexity index is 1460. The first-order valence-corrected chi connectivity index (χ1v) is 16.5. The number of nitrogens with zero attached hydrogens (tertiary/aromatic N) is 4. The first kappa shape index (κ1) is 28.3. The summed E-state index contributed by atoms with van der Waals surface area (Å²) < 4.78 is 18.3. The van der Waals surface area contributed by atoms with E-state index in [1.807, 2.05) is 42.1 Å². The van der Waals surface area contributed by atoms with Gasteiger partial charge in [-0.15, -0.1) is 0 Å². The fraction of sp³-hybridized carbons (Fsp3) is 0.485. The van der Waals surface area contributed by atoms with Crippen molar-refractivity contribution in [3.63, 3.8) is 0 Å². The maximum absolute atomic E-state index is 12.8. The average Bonchev–Trinajstić information content (AvgIpc) is 3.16. The smallest absolute Gasteiger partial charge is 0.410 e. The van der Waals surface area contributed by atoms with Crippen LogP contribution < -0.4 is 15.0 Å². The minimum atomic E-state index is -0.263. The van der Waals surface area contributed by atoms with Crippen LogP contribution in [0.3, 0.4) is 0 Å². The van der Waals surface area contributed by atoms with Gasteiger partial charge < -0.3 is 29.3 Å². The number of hydrogen-bond acceptors (Lipinski definition) is 9. The van der Waals surface area contributed by atoms with Crippen LogP contribution in [-0.2, 0) is 16.1 Å². The van der Waals surface area contributed by atoms with Gasteiger partial charge in [-0.1, -0.05) is 36.4 Å². The van der Waals surface area contributed by atoms with E-state index in [0.717, 1.165) is 77.2 Å². The van der Waals surface area contributed by atoms with Crippen molar-refractivity contribution >= 4 is 35.2 Å². The fourth-order valence-electron chi connectivity index (χ4n) is 6.71. The van der Waals surface area contributed by atoms with Gasteiger partial charge in [-0.05, 0) is 61.3 Å². The summed E-state index contributed by atoms with van der Waals surface area (Å²) >= 11 is 1.99. The summed E-state index contributed by atoms with van der Waals surface area (Å²) in [5.74, 6) is 5.74. The SMILES string of the molecule is Cc1cc(C2CC(C3CN(C(=O)OCc4ccccc4)CCO3)C2)cc2c1OC(C)c1c(ncnc1N1CCSCC1)N2. The van der Waals surface area contributed by atoms with Gasteiger partial charge in [0.05, 0.1) is 30.5 Å². The number of nitrogens with one attached hydrogen (secondary N) is 1. The average molecular weight is 602 g/mol. The Balaban J connectivity index is 1.01. The molecule has 43 heavy (non-hydrogen) atoms. The minimum absolute atomic E-state index is 0.0358. The van der Waals surface area contributed by atoms with Gasteiger partial charge in [-0.3, -0.25) is 0 Å². The van der Waals surface area contributed by atoms with Crippen molar-refractivity contribution in [1.82, 2.24) is 14.9 Å². The number of benzene rings is 2. The number of aryl methyl sites for hydroxylation is 1. The monoisotopic (exact) mass is 601 g/mol. The highest BCUT2D eigenvalue weighted by Gasteiger charge is 2.40. The summed E-state index contributed by atoms with van der Waals surface area (Å²) in [6.45, 7) is 8.17. The topological polar surface area (TPSA) is 89.0 Å². The third-order valence-electron chi connectivity index (χ3n) is 9.15. The maximum Gasteiger partial charge on any atom is 0.410 e. The molecule has 1 N–H and O–H groups in total. The Morgan fingerprint density at radius 3 is 2.74 bits per heavy atom. The first-order valence-electron chi connectivity index (χ1n) is 15.4. The highest BCUT2D eigenvalue weighted by atomic mass is 32.2. The summed E-state index contributed by atoms with van der Waals surface area (Å²) in [4.78, 5) is 26.3. The van der Waals surface area contributed by atoms with Crippen molar-refractivity contribution in [1.29, 1.82) is 0 Å². The van der Waals surface area contributed by atoms with E-state index in [1.54, 1.807) is 11.2 Å². The molecule has 1 aliphatic carbocycles. The second-order valence-corrected chi connectivity index (χ2v) is 13.2. The zero-order chi connectivity index (χ0) is 29.3. The molecule has 4 aliphatic rings. The number of rotatable bonds is 5. The Morgan fingerprint density at radius 1 is 1.12 bits per heavy atom. The van der Waals surface area contributed by atoms with Crippen molar-refractivity contribution in [2.24, 2.45) is 5.92 Å². The molecule has 0 spiro atoms. The number of morpholine rings is 1. The lowest BCUT2D eigenvalue weighted by Gasteiger charge is -2.44. The predicted octanol–water partition coefficient (Wildman–Crippen LogP) is 6.07. The molecule has 2 saturated heterocycles. The zero-order valence-electron chi connectivity index (χ0n) is 24.8. The number of aromatic nitrogens is 2. The Hall–Kier alpha value is -3.50. The van der Waals surface area contributed by atoms with Gasteiger partial charge in [-0.2, -0.15) is 11.8 Å². The number of hydrogen-bond donors (Lipinski definition) is 1. The fourth-order valence-corrected chi connectivity index (χ4v) is 7.62. The molecule has 7 rings (SSSR count). The van der Waals surface area contributed by atoms with Crippen LogP contribution in [-0.4, -0.2) is 71.4 Å². The maximum atomic E-state index is 12.8. The van der Waals surface area contributed by atoms with Crippen LogP contribution in [0.2, 0.25) is 0 Å². The number of amides is 1. The van der Waals surface area contributed by atoms with Crippen molar-refractivity contribution in [2.45, 2.75) is 51.4 Å². The first-order chi connectivity index (χ1) is 21.0. The number of fused-ring (bicyclic) bond motifs is 2. The molecule has 2 atom stereocenters. The van der Waals surface area contributed by atoms with E-state index in [9.17, 15) is 4.79 Å². The van der Waals surface area contributed by atoms with Gasteiger partial charge in [0.2, 0.25) is 0 Å². The van der Waals surface area contributed by atoms with Crippen molar-refractivity contribution < 1.29 is 19.0 Å². The van der Waals surface area contributed by atoms with E-state index < -0.39 is 0 Å². The molecule has 1 amide bonds. The highest BCUT2D eigenvalue weighted by molar-refractivity contribution is 7.99. The molecule has 4 heterocycles. The van der Waals surface area contributed by atoms with E-state index in [0.29, 0.717) is 31.5 Å². The lowest BCUT2D eigenvalue weighted by atomic mass is 9.68. The molecular formula is C33H39N5O4S. The second-order valence-electron chi connectivity index (χ2n) is 12.0. The van der Waals surface area contributed by atoms with Crippen molar-refractivity contribution in [2.75, 3.05) is 54.5 Å². The van der Waals surface area contributed by atoms with E-state index in [1.165, 1.54) is 5.56 Å². The molecule has 2 aromatic carbocycles. The molecule has 1 saturated carbocycles. The summed E-state index contributed by atoms with van der Waals surface area (Å²) in [6, 6.07) is 14.3. The summed E-state index contributed by atoms with van der Waals surface area (Å²) in [6.07, 6.45) is 3.33. The molecule has 0 radical (unpaired) electrons. The minimum Gasteiger partial charge on any atom is -0.483 e. The quantitative estimate of drug-likeness (QED) is 0.375. The van der Waals surface area contributed by atoms with E-state index in [2.05, 4.69) is 41.2 Å². The lowest BCUT2D eigenvalue weighted by Crippen LogP contribution is -2.50. The van der Waals surface area contributed by atoms with Crippen LogP contribution in [0.4, 0.5) is 22.1 Å². The zero-order valence-corrected chi connectivity index (χ0v) is 25.6. The van der Waals surface area contributed by atoms with Crippen LogP contribution in [0.5, 0.6) is 5.75 Å². The lowest BCUT2D eigenvalue weighted by molar-refractivity contribution is -0.0751. The number of carbonyl (C=O) groups excluding carboxylic acids is 1. The van der Waals surface area contributed by atoms with Crippen molar-refractivity contribution in [3.8, 4) is 5.75 Å². The number of thioether (sulfide) groups is 1. The molecule has 3 aliphatic heterocycles. The van der Waals surface area contributed by atoms with Gasteiger partial charge in [0.15, 0.2) is 0 Å². The standard InChI is InChI=1S/C33H39N5O4S/c1-21-14-24(17-27-30(21)42-22(2)29-31(36-27)34-20-35-32(29)37-9-12-43-13-10-37)25-15-26(16-25)28-18-38(8-11-40-28)33(39)41-19-23-6-4-3-5-7-23/h3-7,14,17,20,22,25-26,28H,8-13,15-16,18-19H2,1-2H3,(H,34,35,36). The summed E-state index contributed by atoms with van der Waals surface area (Å²) in [5.41, 5.74) is 5.40. The van der Waals surface area contributed by atoms with Gasteiger partial charge >= 0.3 is 6.09 Å². The van der Waals surface area contributed by atoms with Crippen LogP contribution in [0, 0.1) is 12.8 Å². The molecule has 1 aromatic heterocycles. The van der Waals surface area contributed by atoms with E-state index in [-0.39, 0.29) is 24.9 Å². The Kier molecular flexibility index (Phi) is 8.05. The van der Waals surface area contributed by atoms with Gasteiger partial charge in [0, 0.05) is 31.1 Å². The predicted molar refractivity (Wildman–Crippen MR) is 168 cm³/mol. The van der Waals surface area contributed by atoms with E-state index >= 15 is 0 Å². The Morgan fingerprint density at radius 2 is 1.93 bits per heavy atom. The Labute approximate surface area is 257 Å². The van der Waals surface area contributed by atoms with Crippen LogP contribution in [0.1, 0.15) is 54.0 Å². The molecule has 0 bridgehead atoms. The van der Waals surface area contributed by atoms with Crippen LogP contribution in [0.15, 0.2) is 48.8 Å². The molecule has 226 valence electrons. The molecule has 2 unspecified atom stereocenters. The van der Waals surface area contributed by atoms with Gasteiger partial charge in [0.25, 0.3) is 0 Å². The third-order valence-corrected chi connectivity index (χ3v) is 10.1. The van der Waals surface area contributed by atoms with Crippen LogP contribution in [0.25, 0.3) is 0 Å². The normalized spacial score (nSPS) is 24.9. The molecule has 3 aromatic rings. The van der Waals surface area contributed by atoms with Gasteiger partial charge in [0.1, 0.15) is 36.4 Å². The van der Waals surface area contributed by atoms with Crippen molar-refractivity contribution in [3.05, 3.63) is 71.0 Å². The molecule has 9 nitrogen and oxygen atoms in total.